The smallest absolute Gasteiger partial charge is 0.0636 e. The summed E-state index contributed by atoms with van der Waals surface area (Å²) in [5.41, 5.74) is 2.46. The lowest BCUT2D eigenvalue weighted by atomic mass is 10.1. The summed E-state index contributed by atoms with van der Waals surface area (Å²) in [6.07, 6.45) is 0.883. The van der Waals surface area contributed by atoms with Gasteiger partial charge in [-0.15, -0.1) is 11.6 Å². The first-order valence-electron chi connectivity index (χ1n) is 4.67. The van der Waals surface area contributed by atoms with Crippen LogP contribution >= 0.6 is 38.9 Å². The highest BCUT2D eigenvalue weighted by Gasteiger charge is 2.11. The predicted octanol–water partition coefficient (Wildman–Crippen LogP) is 5.03. The van der Waals surface area contributed by atoms with Gasteiger partial charge in [0.15, 0.2) is 0 Å². The number of thiophene rings is 1. The first kappa shape index (κ1) is 11.2. The van der Waals surface area contributed by atoms with Crippen LogP contribution in [0, 0.1) is 0 Å². The van der Waals surface area contributed by atoms with Gasteiger partial charge in [0.05, 0.1) is 5.38 Å². The van der Waals surface area contributed by atoms with Crippen molar-refractivity contribution in [2.45, 2.75) is 11.8 Å². The summed E-state index contributed by atoms with van der Waals surface area (Å²) in [7, 11) is 0. The third kappa shape index (κ3) is 2.83. The molecule has 0 saturated heterocycles. The molecule has 78 valence electrons. The van der Waals surface area contributed by atoms with Crippen LogP contribution in [-0.4, -0.2) is 0 Å². The third-order valence-corrected chi connectivity index (χ3v) is 4.08. The van der Waals surface area contributed by atoms with E-state index in [1.54, 1.807) is 11.3 Å². The quantitative estimate of drug-likeness (QED) is 0.697. The van der Waals surface area contributed by atoms with Gasteiger partial charge in [0.1, 0.15) is 0 Å². The van der Waals surface area contributed by atoms with Crippen LogP contribution in [0.25, 0.3) is 0 Å². The zero-order chi connectivity index (χ0) is 10.7. The lowest BCUT2D eigenvalue weighted by molar-refractivity contribution is 0.919. The molecule has 2 aromatic rings. The van der Waals surface area contributed by atoms with Crippen LogP contribution in [0.4, 0.5) is 0 Å². The molecule has 3 heteroatoms. The van der Waals surface area contributed by atoms with Crippen LogP contribution in [0.1, 0.15) is 16.5 Å². The number of alkyl halides is 1. The van der Waals surface area contributed by atoms with Crippen molar-refractivity contribution in [3.63, 3.8) is 0 Å². The van der Waals surface area contributed by atoms with E-state index in [0.29, 0.717) is 0 Å². The fourth-order valence-electron chi connectivity index (χ4n) is 1.45. The molecule has 2 rings (SSSR count). The molecular weight excluding hydrogens is 292 g/mol. The summed E-state index contributed by atoms with van der Waals surface area (Å²) in [4.78, 5) is 0. The second-order valence-electron chi connectivity index (χ2n) is 3.32. The molecule has 0 nitrogen and oxygen atoms in total. The Morgan fingerprint density at radius 3 is 2.73 bits per heavy atom. The van der Waals surface area contributed by atoms with Crippen LogP contribution in [-0.2, 0) is 6.42 Å². The van der Waals surface area contributed by atoms with E-state index in [1.165, 1.54) is 5.56 Å². The molecule has 0 fully saturated rings. The number of benzene rings is 1. The van der Waals surface area contributed by atoms with Gasteiger partial charge in [-0.25, -0.2) is 0 Å². The number of rotatable bonds is 3. The van der Waals surface area contributed by atoms with Gasteiger partial charge in [0, 0.05) is 4.47 Å². The van der Waals surface area contributed by atoms with E-state index < -0.39 is 0 Å². The molecule has 0 amide bonds. The Morgan fingerprint density at radius 1 is 1.27 bits per heavy atom. The summed E-state index contributed by atoms with van der Waals surface area (Å²) in [6, 6.07) is 10.2. The first-order chi connectivity index (χ1) is 7.27. The van der Waals surface area contributed by atoms with Gasteiger partial charge in [0.2, 0.25) is 0 Å². The zero-order valence-electron chi connectivity index (χ0n) is 7.99. The second-order valence-corrected chi connectivity index (χ2v) is 5.49. The Hall–Kier alpha value is -0.310. The Morgan fingerprint density at radius 2 is 2.07 bits per heavy atom. The van der Waals surface area contributed by atoms with Crippen LogP contribution in [0.5, 0.6) is 0 Å². The minimum Gasteiger partial charge on any atom is -0.152 e. The Labute approximate surface area is 107 Å². The van der Waals surface area contributed by atoms with Crippen molar-refractivity contribution in [1.82, 2.24) is 0 Å². The highest BCUT2D eigenvalue weighted by Crippen LogP contribution is 2.31. The van der Waals surface area contributed by atoms with Gasteiger partial charge in [-0.2, -0.15) is 11.3 Å². The highest BCUT2D eigenvalue weighted by molar-refractivity contribution is 9.10. The Kier molecular flexibility index (Phi) is 3.84. The van der Waals surface area contributed by atoms with E-state index in [1.807, 2.05) is 18.2 Å². The van der Waals surface area contributed by atoms with Gasteiger partial charge >= 0.3 is 0 Å². The second kappa shape index (κ2) is 5.15. The van der Waals surface area contributed by atoms with E-state index in [9.17, 15) is 0 Å². The Balaban J connectivity index is 2.15. The molecular formula is C12H10BrClS. The summed E-state index contributed by atoms with van der Waals surface area (Å²) in [5, 5.41) is 4.26. The Bertz CT molecular complexity index is 425. The summed E-state index contributed by atoms with van der Waals surface area (Å²) >= 11 is 11.6. The molecule has 0 bridgehead atoms. The zero-order valence-corrected chi connectivity index (χ0v) is 11.1. The van der Waals surface area contributed by atoms with Crippen molar-refractivity contribution in [2.24, 2.45) is 0 Å². The molecule has 15 heavy (non-hydrogen) atoms. The minimum absolute atomic E-state index is 0.0372. The highest BCUT2D eigenvalue weighted by atomic mass is 79.9. The van der Waals surface area contributed by atoms with Crippen LogP contribution in [0.3, 0.4) is 0 Å². The van der Waals surface area contributed by atoms with Crippen molar-refractivity contribution in [2.75, 3.05) is 0 Å². The molecule has 0 radical (unpaired) electrons. The average Bonchev–Trinajstić information content (AvgIpc) is 2.71. The molecule has 0 spiro atoms. The standard InChI is InChI=1S/C12H10BrClS/c13-11-4-2-1-3-10(11)12(14)7-9-5-6-15-8-9/h1-6,8,12H,7H2. The lowest BCUT2D eigenvalue weighted by Gasteiger charge is -2.10. The molecule has 0 N–H and O–H groups in total. The average molecular weight is 302 g/mol. The predicted molar refractivity (Wildman–Crippen MR) is 70.8 cm³/mol. The molecule has 0 aliphatic rings. The number of halogens is 2. The normalized spacial score (nSPS) is 12.7. The maximum absolute atomic E-state index is 6.38. The molecule has 0 saturated carbocycles. The van der Waals surface area contributed by atoms with E-state index in [-0.39, 0.29) is 5.38 Å². The fraction of sp³-hybridized carbons (Fsp3) is 0.167. The van der Waals surface area contributed by atoms with Crippen LogP contribution in [0.15, 0.2) is 45.6 Å². The van der Waals surface area contributed by atoms with Gasteiger partial charge in [0.25, 0.3) is 0 Å². The molecule has 1 aromatic heterocycles. The van der Waals surface area contributed by atoms with Crippen molar-refractivity contribution in [3.05, 3.63) is 56.7 Å². The van der Waals surface area contributed by atoms with Crippen LogP contribution < -0.4 is 0 Å². The largest absolute Gasteiger partial charge is 0.152 e. The third-order valence-electron chi connectivity index (χ3n) is 2.24. The number of hydrogen-bond donors (Lipinski definition) is 0. The molecule has 0 aliphatic carbocycles. The van der Waals surface area contributed by atoms with Gasteiger partial charge in [-0.3, -0.25) is 0 Å². The van der Waals surface area contributed by atoms with E-state index in [0.717, 1.165) is 16.5 Å². The molecule has 1 aromatic carbocycles. The van der Waals surface area contributed by atoms with E-state index in [2.05, 4.69) is 38.8 Å². The first-order valence-corrected chi connectivity index (χ1v) is 6.84. The van der Waals surface area contributed by atoms with Crippen molar-refractivity contribution in [3.8, 4) is 0 Å². The van der Waals surface area contributed by atoms with Crippen molar-refractivity contribution < 1.29 is 0 Å². The molecule has 1 atom stereocenters. The minimum atomic E-state index is 0.0372. The molecule has 1 heterocycles. The van der Waals surface area contributed by atoms with Crippen LogP contribution in [0.2, 0.25) is 0 Å². The lowest BCUT2D eigenvalue weighted by Crippen LogP contribution is -1.95. The topological polar surface area (TPSA) is 0 Å². The number of hydrogen-bond acceptors (Lipinski definition) is 1. The SMILES string of the molecule is ClC(Cc1ccsc1)c1ccccc1Br. The van der Waals surface area contributed by atoms with E-state index in [4.69, 9.17) is 11.6 Å². The maximum atomic E-state index is 6.38. The van der Waals surface area contributed by atoms with Gasteiger partial charge < -0.3 is 0 Å². The van der Waals surface area contributed by atoms with Crippen molar-refractivity contribution in [1.29, 1.82) is 0 Å². The molecule has 1 unspecified atom stereocenters. The van der Waals surface area contributed by atoms with Crippen molar-refractivity contribution >= 4 is 38.9 Å². The monoisotopic (exact) mass is 300 g/mol. The van der Waals surface area contributed by atoms with Gasteiger partial charge in [-0.05, 0) is 40.4 Å². The summed E-state index contributed by atoms with van der Waals surface area (Å²) in [6.45, 7) is 0. The van der Waals surface area contributed by atoms with Gasteiger partial charge in [-0.1, -0.05) is 34.1 Å². The van der Waals surface area contributed by atoms with E-state index >= 15 is 0 Å². The maximum Gasteiger partial charge on any atom is 0.0636 e. The summed E-state index contributed by atoms with van der Waals surface area (Å²) in [5.74, 6) is 0. The fourth-order valence-corrected chi connectivity index (χ4v) is 3.20. The summed E-state index contributed by atoms with van der Waals surface area (Å²) < 4.78 is 1.08. The molecule has 0 aliphatic heterocycles.